The molecule has 2 aromatic heterocycles. The number of hydrogen-bond acceptors (Lipinski definition) is 3. The fourth-order valence-corrected chi connectivity index (χ4v) is 4.13. The fraction of sp³-hybridized carbons (Fsp3) is 0.269. The summed E-state index contributed by atoms with van der Waals surface area (Å²) in [6.45, 7) is 3.10. The molecular formula is C26H25NO3. The summed E-state index contributed by atoms with van der Waals surface area (Å²) in [7, 11) is 0. The minimum Gasteiger partial charge on any atom is -0.467 e. The van der Waals surface area contributed by atoms with Gasteiger partial charge in [0.1, 0.15) is 17.3 Å². The quantitative estimate of drug-likeness (QED) is 0.387. The van der Waals surface area contributed by atoms with Gasteiger partial charge >= 0.3 is 0 Å². The molecule has 1 amide bonds. The van der Waals surface area contributed by atoms with Crippen molar-refractivity contribution in [2.45, 2.75) is 38.8 Å². The number of nitrogens with zero attached hydrogens (tertiary/aromatic N) is 1. The van der Waals surface area contributed by atoms with E-state index in [1.165, 1.54) is 6.42 Å². The third-order valence-electron chi connectivity index (χ3n) is 6.01. The lowest BCUT2D eigenvalue weighted by Crippen LogP contribution is -2.31. The summed E-state index contributed by atoms with van der Waals surface area (Å²) < 4.78 is 11.6. The summed E-state index contributed by atoms with van der Waals surface area (Å²) in [4.78, 5) is 15.2. The topological polar surface area (TPSA) is 46.6 Å². The summed E-state index contributed by atoms with van der Waals surface area (Å²) in [5, 5.41) is 2.27. The van der Waals surface area contributed by atoms with Gasteiger partial charge in [-0.25, -0.2) is 0 Å². The fourth-order valence-electron chi connectivity index (χ4n) is 4.13. The molecule has 0 radical (unpaired) electrons. The van der Waals surface area contributed by atoms with Crippen LogP contribution in [0.3, 0.4) is 0 Å². The molecule has 4 aromatic rings. The van der Waals surface area contributed by atoms with E-state index in [1.54, 1.807) is 6.26 Å². The minimum absolute atomic E-state index is 0.0560. The van der Waals surface area contributed by atoms with Crippen molar-refractivity contribution in [1.82, 2.24) is 4.90 Å². The maximum Gasteiger partial charge on any atom is 0.227 e. The molecule has 2 aromatic carbocycles. The lowest BCUT2D eigenvalue weighted by atomic mass is 10.0. The molecule has 0 N–H and O–H groups in total. The molecule has 152 valence electrons. The van der Waals surface area contributed by atoms with Crippen molar-refractivity contribution in [3.05, 3.63) is 95.8 Å². The Morgan fingerprint density at radius 3 is 2.57 bits per heavy atom. The lowest BCUT2D eigenvalue weighted by molar-refractivity contribution is -0.132. The summed E-state index contributed by atoms with van der Waals surface area (Å²) in [6, 6.07) is 22.1. The van der Waals surface area contributed by atoms with Crippen LogP contribution < -0.4 is 0 Å². The zero-order chi connectivity index (χ0) is 20.5. The number of rotatable bonds is 7. The number of benzene rings is 2. The Morgan fingerprint density at radius 1 is 0.967 bits per heavy atom. The van der Waals surface area contributed by atoms with E-state index in [2.05, 4.69) is 31.2 Å². The largest absolute Gasteiger partial charge is 0.467 e. The van der Waals surface area contributed by atoms with E-state index >= 15 is 0 Å². The van der Waals surface area contributed by atoms with Gasteiger partial charge in [0.2, 0.25) is 5.91 Å². The van der Waals surface area contributed by atoms with Gasteiger partial charge in [-0.3, -0.25) is 4.79 Å². The third-order valence-corrected chi connectivity index (χ3v) is 6.01. The summed E-state index contributed by atoms with van der Waals surface area (Å²) in [5.41, 5.74) is 1.04. The molecule has 2 atom stereocenters. The Hall–Kier alpha value is -3.27. The van der Waals surface area contributed by atoms with Crippen molar-refractivity contribution >= 4 is 16.7 Å². The van der Waals surface area contributed by atoms with Crippen LogP contribution in [0, 0.1) is 5.92 Å². The first-order valence-corrected chi connectivity index (χ1v) is 10.5. The molecule has 30 heavy (non-hydrogen) atoms. The van der Waals surface area contributed by atoms with Crippen molar-refractivity contribution < 1.29 is 13.6 Å². The van der Waals surface area contributed by atoms with Crippen LogP contribution in [-0.2, 0) is 24.3 Å². The van der Waals surface area contributed by atoms with Crippen LogP contribution in [0.15, 0.2) is 81.8 Å². The van der Waals surface area contributed by atoms with E-state index < -0.39 is 0 Å². The molecule has 4 heteroatoms. The lowest BCUT2D eigenvalue weighted by Gasteiger charge is -2.21. The van der Waals surface area contributed by atoms with E-state index in [0.29, 0.717) is 31.3 Å². The second-order valence-electron chi connectivity index (χ2n) is 8.27. The minimum atomic E-state index is 0.0560. The molecule has 5 rings (SSSR count). The van der Waals surface area contributed by atoms with Crippen molar-refractivity contribution in [1.29, 1.82) is 0 Å². The number of carbonyl (C=O) groups is 1. The van der Waals surface area contributed by atoms with Gasteiger partial charge < -0.3 is 13.7 Å². The Labute approximate surface area is 176 Å². The van der Waals surface area contributed by atoms with Gasteiger partial charge in [0.05, 0.1) is 25.8 Å². The SMILES string of the molecule is CC1CC1c1ccc(CN(Cc2ccco2)C(=O)Cc2cccc3ccccc23)o1. The Morgan fingerprint density at radius 2 is 1.77 bits per heavy atom. The highest BCUT2D eigenvalue weighted by Gasteiger charge is 2.36. The highest BCUT2D eigenvalue weighted by Crippen LogP contribution is 2.47. The van der Waals surface area contributed by atoms with E-state index in [4.69, 9.17) is 8.83 Å². The molecule has 0 bridgehead atoms. The number of fused-ring (bicyclic) bond motifs is 1. The Balaban J connectivity index is 1.38. The highest BCUT2D eigenvalue weighted by atomic mass is 16.3. The molecule has 2 heterocycles. The van der Waals surface area contributed by atoms with E-state index in [-0.39, 0.29) is 5.91 Å². The zero-order valence-electron chi connectivity index (χ0n) is 17.1. The van der Waals surface area contributed by atoms with Crippen LogP contribution in [0.2, 0.25) is 0 Å². The van der Waals surface area contributed by atoms with Crippen molar-refractivity contribution in [3.8, 4) is 0 Å². The number of hydrogen-bond donors (Lipinski definition) is 0. The predicted octanol–water partition coefficient (Wildman–Crippen LogP) is 5.92. The highest BCUT2D eigenvalue weighted by molar-refractivity contribution is 5.90. The van der Waals surface area contributed by atoms with Gasteiger partial charge in [0.15, 0.2) is 0 Å². The summed E-state index contributed by atoms with van der Waals surface area (Å²) in [6.07, 6.45) is 3.17. The smallest absolute Gasteiger partial charge is 0.227 e. The maximum atomic E-state index is 13.3. The van der Waals surface area contributed by atoms with Crippen LogP contribution in [-0.4, -0.2) is 10.8 Å². The zero-order valence-corrected chi connectivity index (χ0v) is 17.1. The average Bonchev–Trinajstić information content (AvgIpc) is 3.13. The van der Waals surface area contributed by atoms with Crippen LogP contribution >= 0.6 is 0 Å². The van der Waals surface area contributed by atoms with Gasteiger partial charge in [-0.2, -0.15) is 0 Å². The first-order valence-electron chi connectivity index (χ1n) is 10.5. The molecule has 4 nitrogen and oxygen atoms in total. The molecule has 1 saturated carbocycles. The van der Waals surface area contributed by atoms with E-state index in [9.17, 15) is 4.79 Å². The monoisotopic (exact) mass is 399 g/mol. The molecule has 1 fully saturated rings. The molecule has 1 aliphatic rings. The normalized spacial score (nSPS) is 17.9. The molecule has 0 spiro atoms. The number of amides is 1. The van der Waals surface area contributed by atoms with Gasteiger partial charge in [-0.1, -0.05) is 49.4 Å². The van der Waals surface area contributed by atoms with Crippen LogP contribution in [0.25, 0.3) is 10.8 Å². The van der Waals surface area contributed by atoms with E-state index in [0.717, 1.165) is 33.6 Å². The predicted molar refractivity (Wildman–Crippen MR) is 116 cm³/mol. The average molecular weight is 399 g/mol. The Kier molecular flexibility index (Phi) is 4.91. The summed E-state index contributed by atoms with van der Waals surface area (Å²) in [5.74, 6) is 3.91. The molecule has 1 aliphatic carbocycles. The summed E-state index contributed by atoms with van der Waals surface area (Å²) >= 11 is 0. The van der Waals surface area contributed by atoms with Crippen molar-refractivity contribution in [2.24, 2.45) is 5.92 Å². The molecular weight excluding hydrogens is 374 g/mol. The van der Waals surface area contributed by atoms with Crippen molar-refractivity contribution in [2.75, 3.05) is 0 Å². The van der Waals surface area contributed by atoms with Crippen LogP contribution in [0.1, 0.15) is 42.1 Å². The van der Waals surface area contributed by atoms with Gasteiger partial charge in [-0.15, -0.1) is 0 Å². The van der Waals surface area contributed by atoms with Gasteiger partial charge in [0, 0.05) is 5.92 Å². The second kappa shape index (κ2) is 7.86. The van der Waals surface area contributed by atoms with Crippen LogP contribution in [0.4, 0.5) is 0 Å². The van der Waals surface area contributed by atoms with Crippen LogP contribution in [0.5, 0.6) is 0 Å². The molecule has 0 aliphatic heterocycles. The Bertz CT molecular complexity index is 1150. The maximum absolute atomic E-state index is 13.3. The first kappa shape index (κ1) is 18.7. The van der Waals surface area contributed by atoms with E-state index in [1.807, 2.05) is 47.4 Å². The number of furan rings is 2. The number of carbonyl (C=O) groups excluding carboxylic acids is 1. The first-order chi connectivity index (χ1) is 14.7. The second-order valence-corrected chi connectivity index (χ2v) is 8.27. The van der Waals surface area contributed by atoms with Gasteiger partial charge in [-0.05, 0) is 52.9 Å². The van der Waals surface area contributed by atoms with Crippen molar-refractivity contribution in [3.63, 3.8) is 0 Å². The van der Waals surface area contributed by atoms with Gasteiger partial charge in [0.25, 0.3) is 0 Å². The molecule has 0 saturated heterocycles. The standard InChI is InChI=1S/C26H25NO3/c1-18-14-24(18)25-12-11-22(30-25)17-27(16-21-9-5-13-29-21)26(28)15-20-8-4-7-19-6-2-3-10-23(19)20/h2-13,18,24H,14-17H2,1H3. The molecule has 2 unspecified atom stereocenters. The third kappa shape index (κ3) is 3.90.